The molecule has 0 saturated carbocycles. The number of nitrogens with zero attached hydrogens (tertiary/aromatic N) is 1. The topological polar surface area (TPSA) is 50.7 Å². The predicted octanol–water partition coefficient (Wildman–Crippen LogP) is 4.26. The molecule has 0 unspecified atom stereocenters. The Morgan fingerprint density at radius 1 is 1.24 bits per heavy atom. The number of oxime groups is 1. The van der Waals surface area contributed by atoms with Gasteiger partial charge in [0.1, 0.15) is 0 Å². The number of nitrogens with one attached hydrogen (secondary N) is 1. The summed E-state index contributed by atoms with van der Waals surface area (Å²) in [5.41, 5.74) is 0.627. The van der Waals surface area contributed by atoms with Gasteiger partial charge < -0.3 is 5.32 Å². The molecule has 21 heavy (non-hydrogen) atoms. The summed E-state index contributed by atoms with van der Waals surface area (Å²) in [4.78, 5) is 15.5. The number of benzene rings is 1. The standard InChI is InChI=1S/C13H12ClF3N2O2/c1-18-13(20)21-19-11(7-6-10(15)12(16)17)8-2-4-9(14)5-3-8/h2-5H,6-7H2,1H3,(H,18,20)/b19-11-. The minimum Gasteiger partial charge on any atom is -0.323 e. The molecule has 0 bridgehead atoms. The molecule has 0 atom stereocenters. The lowest BCUT2D eigenvalue weighted by Crippen LogP contribution is -2.17. The molecule has 0 spiro atoms. The fourth-order valence-corrected chi connectivity index (χ4v) is 1.48. The molecule has 1 aromatic carbocycles. The van der Waals surface area contributed by atoms with Crippen molar-refractivity contribution in [3.8, 4) is 0 Å². The summed E-state index contributed by atoms with van der Waals surface area (Å²) < 4.78 is 37.0. The van der Waals surface area contributed by atoms with Gasteiger partial charge in [0.2, 0.25) is 0 Å². The van der Waals surface area contributed by atoms with E-state index in [2.05, 4.69) is 15.3 Å². The second-order valence-electron chi connectivity index (χ2n) is 3.84. The van der Waals surface area contributed by atoms with Crippen LogP contribution < -0.4 is 5.32 Å². The van der Waals surface area contributed by atoms with Crippen LogP contribution in [-0.2, 0) is 4.84 Å². The van der Waals surface area contributed by atoms with Crippen LogP contribution in [0.1, 0.15) is 18.4 Å². The Morgan fingerprint density at radius 3 is 2.38 bits per heavy atom. The summed E-state index contributed by atoms with van der Waals surface area (Å²) in [5.74, 6) is -1.53. The van der Waals surface area contributed by atoms with Gasteiger partial charge in [0.05, 0.1) is 5.71 Å². The molecule has 1 aromatic rings. The third-order valence-corrected chi connectivity index (χ3v) is 2.66. The van der Waals surface area contributed by atoms with Crippen LogP contribution in [0, 0.1) is 0 Å². The molecule has 114 valence electrons. The fourth-order valence-electron chi connectivity index (χ4n) is 1.35. The van der Waals surface area contributed by atoms with Crippen LogP contribution in [0.3, 0.4) is 0 Å². The zero-order valence-electron chi connectivity index (χ0n) is 11.0. The van der Waals surface area contributed by atoms with Gasteiger partial charge in [-0.2, -0.15) is 8.78 Å². The molecule has 0 fully saturated rings. The van der Waals surface area contributed by atoms with Crippen molar-refractivity contribution in [1.82, 2.24) is 5.32 Å². The number of hydrogen-bond donors (Lipinski definition) is 1. The first-order chi connectivity index (χ1) is 9.93. The fraction of sp³-hybridized carbons (Fsp3) is 0.231. The third kappa shape index (κ3) is 5.86. The second kappa shape index (κ2) is 8.31. The van der Waals surface area contributed by atoms with Crippen LogP contribution in [0.4, 0.5) is 18.0 Å². The lowest BCUT2D eigenvalue weighted by molar-refractivity contribution is 0.153. The molecule has 1 amide bonds. The Bertz CT molecular complexity index is 555. The van der Waals surface area contributed by atoms with Gasteiger partial charge in [-0.1, -0.05) is 28.9 Å². The molecule has 4 nitrogen and oxygen atoms in total. The Hall–Kier alpha value is -2.02. The highest BCUT2D eigenvalue weighted by Gasteiger charge is 2.11. The van der Waals surface area contributed by atoms with E-state index in [-0.39, 0.29) is 12.1 Å². The highest BCUT2D eigenvalue weighted by molar-refractivity contribution is 6.30. The normalized spacial score (nSPS) is 11.0. The summed E-state index contributed by atoms with van der Waals surface area (Å²) in [6, 6.07) is 6.21. The van der Waals surface area contributed by atoms with Crippen molar-refractivity contribution in [2.75, 3.05) is 7.05 Å². The lowest BCUT2D eigenvalue weighted by Gasteiger charge is -2.06. The molecule has 0 heterocycles. The van der Waals surface area contributed by atoms with E-state index < -0.39 is 24.4 Å². The molecule has 0 aliphatic heterocycles. The van der Waals surface area contributed by atoms with E-state index in [0.717, 1.165) is 0 Å². The highest BCUT2D eigenvalue weighted by Crippen LogP contribution is 2.18. The number of allylic oxidation sites excluding steroid dienone is 1. The smallest absolute Gasteiger partial charge is 0.323 e. The van der Waals surface area contributed by atoms with Crippen LogP contribution in [0.2, 0.25) is 5.02 Å². The number of carbonyl (C=O) groups excluding carboxylic acids is 1. The van der Waals surface area contributed by atoms with Gasteiger partial charge in [-0.25, -0.2) is 9.18 Å². The van der Waals surface area contributed by atoms with E-state index in [1.165, 1.54) is 7.05 Å². The SMILES string of the molecule is CNC(=O)O/N=C(/CCC(F)=C(F)F)c1ccc(Cl)cc1. The molecule has 1 rings (SSSR count). The quantitative estimate of drug-likeness (QED) is 0.500. The maximum Gasteiger partial charge on any atom is 0.433 e. The minimum atomic E-state index is -2.38. The van der Waals surface area contributed by atoms with Crippen LogP contribution >= 0.6 is 11.6 Å². The number of hydrogen-bond acceptors (Lipinski definition) is 3. The van der Waals surface area contributed by atoms with Gasteiger partial charge >= 0.3 is 12.2 Å². The molecular weight excluding hydrogens is 309 g/mol. The number of halogens is 4. The number of rotatable bonds is 5. The maximum atomic E-state index is 12.9. The predicted molar refractivity (Wildman–Crippen MR) is 73.1 cm³/mol. The van der Waals surface area contributed by atoms with Crippen molar-refractivity contribution in [3.63, 3.8) is 0 Å². The van der Waals surface area contributed by atoms with E-state index in [0.29, 0.717) is 10.6 Å². The summed E-state index contributed by atoms with van der Waals surface area (Å²) in [6.45, 7) is 0. The van der Waals surface area contributed by atoms with E-state index >= 15 is 0 Å². The maximum absolute atomic E-state index is 12.9. The van der Waals surface area contributed by atoms with Gasteiger partial charge in [-0.15, -0.1) is 0 Å². The third-order valence-electron chi connectivity index (χ3n) is 2.41. The van der Waals surface area contributed by atoms with Gasteiger partial charge in [0.15, 0.2) is 5.83 Å². The van der Waals surface area contributed by atoms with E-state index in [9.17, 15) is 18.0 Å². The molecule has 8 heteroatoms. The van der Waals surface area contributed by atoms with Crippen molar-refractivity contribution >= 4 is 23.4 Å². The zero-order chi connectivity index (χ0) is 15.8. The Morgan fingerprint density at radius 2 is 1.86 bits per heavy atom. The van der Waals surface area contributed by atoms with Crippen molar-refractivity contribution in [3.05, 3.63) is 46.8 Å². The summed E-state index contributed by atoms with van der Waals surface area (Å²) in [5, 5.41) is 6.19. The van der Waals surface area contributed by atoms with Crippen molar-refractivity contribution < 1.29 is 22.8 Å². The summed E-state index contributed by atoms with van der Waals surface area (Å²) in [7, 11) is 1.33. The lowest BCUT2D eigenvalue weighted by atomic mass is 10.1. The Labute approximate surface area is 124 Å². The average molecular weight is 321 g/mol. The zero-order valence-corrected chi connectivity index (χ0v) is 11.8. The highest BCUT2D eigenvalue weighted by atomic mass is 35.5. The first kappa shape index (κ1) is 17.0. The molecule has 0 aromatic heterocycles. The largest absolute Gasteiger partial charge is 0.433 e. The first-order valence-corrected chi connectivity index (χ1v) is 6.23. The number of carbonyl (C=O) groups is 1. The second-order valence-corrected chi connectivity index (χ2v) is 4.28. The van der Waals surface area contributed by atoms with E-state index in [4.69, 9.17) is 11.6 Å². The van der Waals surface area contributed by atoms with Gasteiger partial charge in [-0.05, 0) is 17.7 Å². The van der Waals surface area contributed by atoms with Crippen LogP contribution in [0.15, 0.2) is 41.3 Å². The molecular formula is C13H12ClF3N2O2. The number of amides is 1. The van der Waals surface area contributed by atoms with Crippen molar-refractivity contribution in [1.29, 1.82) is 0 Å². The molecule has 0 aliphatic carbocycles. The van der Waals surface area contributed by atoms with Crippen molar-refractivity contribution in [2.45, 2.75) is 12.8 Å². The van der Waals surface area contributed by atoms with E-state index in [1.807, 2.05) is 0 Å². The molecule has 0 aliphatic rings. The molecule has 1 N–H and O–H groups in total. The minimum absolute atomic E-state index is 0.145. The van der Waals surface area contributed by atoms with Crippen molar-refractivity contribution in [2.24, 2.45) is 5.16 Å². The van der Waals surface area contributed by atoms with Gasteiger partial charge in [0.25, 0.3) is 0 Å². The molecule has 0 radical (unpaired) electrons. The molecule has 0 saturated heterocycles. The van der Waals surface area contributed by atoms with Crippen LogP contribution in [0.25, 0.3) is 0 Å². The van der Waals surface area contributed by atoms with Gasteiger partial charge in [-0.3, -0.25) is 4.84 Å². The van der Waals surface area contributed by atoms with Crippen LogP contribution in [0.5, 0.6) is 0 Å². The monoisotopic (exact) mass is 320 g/mol. The Kier molecular flexibility index (Phi) is 6.74. The average Bonchev–Trinajstić information content (AvgIpc) is 2.47. The van der Waals surface area contributed by atoms with Gasteiger partial charge in [0, 0.05) is 24.9 Å². The summed E-state index contributed by atoms with van der Waals surface area (Å²) in [6.07, 6.45) is -3.92. The Balaban J connectivity index is 2.92. The summed E-state index contributed by atoms with van der Waals surface area (Å²) >= 11 is 5.73. The first-order valence-electron chi connectivity index (χ1n) is 5.85. The van der Waals surface area contributed by atoms with E-state index in [1.54, 1.807) is 24.3 Å². The van der Waals surface area contributed by atoms with Crippen LogP contribution in [-0.4, -0.2) is 18.9 Å².